The zero-order chi connectivity index (χ0) is 10.9. The molecule has 0 saturated heterocycles. The van der Waals surface area contributed by atoms with Gasteiger partial charge in [-0.05, 0) is 44.0 Å². The fourth-order valence-electron chi connectivity index (χ4n) is 1.59. The zero-order valence-electron chi connectivity index (χ0n) is 10.6. The van der Waals surface area contributed by atoms with Gasteiger partial charge in [-0.2, -0.15) is 0 Å². The van der Waals surface area contributed by atoms with Gasteiger partial charge in [0, 0.05) is 11.4 Å². The summed E-state index contributed by atoms with van der Waals surface area (Å²) < 4.78 is 0. The Bertz CT molecular complexity index is 239. The first-order valence-corrected chi connectivity index (χ1v) is 6.70. The molecule has 0 aliphatic heterocycles. The molecule has 0 bridgehead atoms. The second-order valence-corrected chi connectivity index (χ2v) is 4.67. The lowest BCUT2D eigenvalue weighted by molar-refractivity contribution is 0.298. The van der Waals surface area contributed by atoms with Crippen LogP contribution in [0.1, 0.15) is 25.1 Å². The quantitative estimate of drug-likeness (QED) is 0.740. The first-order valence-electron chi connectivity index (χ1n) is 5.82. The molecule has 2 nitrogen and oxygen atoms in total. The first kappa shape index (κ1) is 19.5. The zero-order valence-corrected chi connectivity index (χ0v) is 13.1. The Hall–Kier alpha value is 0.200. The summed E-state index contributed by atoms with van der Waals surface area (Å²) >= 11 is 1.82. The van der Waals surface area contributed by atoms with Crippen molar-refractivity contribution in [1.82, 2.24) is 10.2 Å². The summed E-state index contributed by atoms with van der Waals surface area (Å²) in [5.74, 6) is 0. The number of hydrogen-bond acceptors (Lipinski definition) is 3. The van der Waals surface area contributed by atoms with Crippen LogP contribution in [0, 0.1) is 0 Å². The van der Waals surface area contributed by atoms with Crippen LogP contribution in [-0.2, 0) is 6.54 Å². The van der Waals surface area contributed by atoms with Crippen molar-refractivity contribution >= 4 is 36.2 Å². The Morgan fingerprint density at radius 2 is 1.94 bits per heavy atom. The standard InChI is InChI=1S/C12H22N2S.2ClH/c1-3-14(4-2)9-6-8-13-11-12-7-5-10-15-12;;/h5,7,10,13H,3-4,6,8-9,11H2,1-2H3;2*1H. The highest BCUT2D eigenvalue weighted by Crippen LogP contribution is 2.07. The minimum atomic E-state index is 0. The van der Waals surface area contributed by atoms with E-state index in [-0.39, 0.29) is 24.8 Å². The van der Waals surface area contributed by atoms with Gasteiger partial charge in [0.25, 0.3) is 0 Å². The third-order valence-corrected chi connectivity index (χ3v) is 3.48. The monoisotopic (exact) mass is 298 g/mol. The van der Waals surface area contributed by atoms with Gasteiger partial charge in [-0.1, -0.05) is 19.9 Å². The number of thiophene rings is 1. The number of nitrogens with one attached hydrogen (secondary N) is 1. The van der Waals surface area contributed by atoms with Crippen molar-refractivity contribution in [3.63, 3.8) is 0 Å². The lowest BCUT2D eigenvalue weighted by atomic mass is 10.3. The molecule has 0 aliphatic rings. The van der Waals surface area contributed by atoms with Crippen LogP contribution < -0.4 is 5.32 Å². The van der Waals surface area contributed by atoms with Crippen LogP contribution in [0.5, 0.6) is 0 Å². The van der Waals surface area contributed by atoms with E-state index in [0.29, 0.717) is 0 Å². The molecule has 0 aromatic carbocycles. The Kier molecular flexibility index (Phi) is 14.5. The Morgan fingerprint density at radius 3 is 2.47 bits per heavy atom. The van der Waals surface area contributed by atoms with E-state index in [0.717, 1.165) is 13.1 Å². The molecule has 0 aliphatic carbocycles. The molecule has 0 unspecified atom stereocenters. The van der Waals surface area contributed by atoms with E-state index in [9.17, 15) is 0 Å². The minimum Gasteiger partial charge on any atom is -0.312 e. The molecule has 0 radical (unpaired) electrons. The molecule has 1 rings (SSSR count). The molecular formula is C12H24Cl2N2S. The average Bonchev–Trinajstić information content (AvgIpc) is 2.76. The van der Waals surface area contributed by atoms with E-state index in [4.69, 9.17) is 0 Å². The third-order valence-electron chi connectivity index (χ3n) is 2.60. The van der Waals surface area contributed by atoms with Crippen molar-refractivity contribution < 1.29 is 0 Å². The van der Waals surface area contributed by atoms with E-state index in [1.54, 1.807) is 0 Å². The Labute approximate surface area is 122 Å². The lowest BCUT2D eigenvalue weighted by Crippen LogP contribution is -2.27. The normalized spacial score (nSPS) is 9.82. The number of halogens is 2. The molecule has 0 atom stereocenters. The lowest BCUT2D eigenvalue weighted by Gasteiger charge is -2.17. The molecule has 0 spiro atoms. The number of rotatable bonds is 8. The average molecular weight is 299 g/mol. The van der Waals surface area contributed by atoms with Crippen LogP contribution in [0.2, 0.25) is 0 Å². The van der Waals surface area contributed by atoms with Gasteiger partial charge in [-0.3, -0.25) is 0 Å². The SMILES string of the molecule is CCN(CC)CCCNCc1cccs1.Cl.Cl. The fourth-order valence-corrected chi connectivity index (χ4v) is 2.27. The predicted octanol–water partition coefficient (Wildman–Crippen LogP) is 3.41. The van der Waals surface area contributed by atoms with Gasteiger partial charge in [0.1, 0.15) is 0 Å². The van der Waals surface area contributed by atoms with E-state index >= 15 is 0 Å². The van der Waals surface area contributed by atoms with Crippen molar-refractivity contribution in [2.45, 2.75) is 26.8 Å². The second kappa shape index (κ2) is 12.7. The summed E-state index contributed by atoms with van der Waals surface area (Å²) in [4.78, 5) is 3.89. The van der Waals surface area contributed by atoms with Crippen molar-refractivity contribution in [3.8, 4) is 0 Å². The molecule has 1 aromatic rings. The summed E-state index contributed by atoms with van der Waals surface area (Å²) in [6.45, 7) is 10.1. The first-order chi connectivity index (χ1) is 7.36. The molecule has 1 N–H and O–H groups in total. The van der Waals surface area contributed by atoms with Gasteiger partial charge in [0.15, 0.2) is 0 Å². The molecule has 0 fully saturated rings. The maximum atomic E-state index is 3.48. The molecule has 0 saturated carbocycles. The largest absolute Gasteiger partial charge is 0.312 e. The number of hydrogen-bond donors (Lipinski definition) is 1. The summed E-state index contributed by atoms with van der Waals surface area (Å²) in [6.07, 6.45) is 1.24. The van der Waals surface area contributed by atoms with Crippen LogP contribution in [-0.4, -0.2) is 31.1 Å². The van der Waals surface area contributed by atoms with Crippen LogP contribution in [0.25, 0.3) is 0 Å². The molecule has 102 valence electrons. The molecular weight excluding hydrogens is 275 g/mol. The summed E-state index contributed by atoms with van der Waals surface area (Å²) in [7, 11) is 0. The Morgan fingerprint density at radius 1 is 1.24 bits per heavy atom. The van der Waals surface area contributed by atoms with Crippen molar-refractivity contribution in [3.05, 3.63) is 22.4 Å². The highest BCUT2D eigenvalue weighted by molar-refractivity contribution is 7.09. The second-order valence-electron chi connectivity index (χ2n) is 3.64. The maximum absolute atomic E-state index is 3.48. The van der Waals surface area contributed by atoms with Crippen molar-refractivity contribution in [2.75, 3.05) is 26.2 Å². The van der Waals surface area contributed by atoms with E-state index < -0.39 is 0 Å². The minimum absolute atomic E-state index is 0. The van der Waals surface area contributed by atoms with Crippen LogP contribution in [0.4, 0.5) is 0 Å². The van der Waals surface area contributed by atoms with Crippen LogP contribution in [0.3, 0.4) is 0 Å². The molecule has 0 amide bonds. The van der Waals surface area contributed by atoms with Gasteiger partial charge in [0.2, 0.25) is 0 Å². The Balaban J connectivity index is 0. The smallest absolute Gasteiger partial charge is 0.0299 e. The van der Waals surface area contributed by atoms with E-state index in [2.05, 4.69) is 41.6 Å². The molecule has 17 heavy (non-hydrogen) atoms. The summed E-state index contributed by atoms with van der Waals surface area (Å²) in [6, 6.07) is 4.29. The van der Waals surface area contributed by atoms with Crippen molar-refractivity contribution in [2.24, 2.45) is 0 Å². The highest BCUT2D eigenvalue weighted by Gasteiger charge is 1.98. The molecule has 1 aromatic heterocycles. The highest BCUT2D eigenvalue weighted by atomic mass is 35.5. The van der Waals surface area contributed by atoms with E-state index in [1.165, 1.54) is 30.9 Å². The van der Waals surface area contributed by atoms with Crippen molar-refractivity contribution in [1.29, 1.82) is 0 Å². The third kappa shape index (κ3) is 8.86. The van der Waals surface area contributed by atoms with Crippen LogP contribution in [0.15, 0.2) is 17.5 Å². The number of nitrogens with zero attached hydrogens (tertiary/aromatic N) is 1. The fraction of sp³-hybridized carbons (Fsp3) is 0.667. The van der Waals surface area contributed by atoms with Crippen LogP contribution >= 0.6 is 36.2 Å². The predicted molar refractivity (Wildman–Crippen MR) is 82.9 cm³/mol. The maximum Gasteiger partial charge on any atom is 0.0299 e. The van der Waals surface area contributed by atoms with Gasteiger partial charge in [0.05, 0.1) is 0 Å². The van der Waals surface area contributed by atoms with E-state index in [1.807, 2.05) is 11.3 Å². The van der Waals surface area contributed by atoms with Gasteiger partial charge in [-0.25, -0.2) is 0 Å². The van der Waals surface area contributed by atoms with Gasteiger partial charge < -0.3 is 10.2 Å². The molecule has 5 heteroatoms. The molecule has 1 heterocycles. The topological polar surface area (TPSA) is 15.3 Å². The van der Waals surface area contributed by atoms with Gasteiger partial charge >= 0.3 is 0 Å². The van der Waals surface area contributed by atoms with Gasteiger partial charge in [-0.15, -0.1) is 36.2 Å². The summed E-state index contributed by atoms with van der Waals surface area (Å²) in [5, 5.41) is 5.61. The summed E-state index contributed by atoms with van der Waals surface area (Å²) in [5.41, 5.74) is 0.